The van der Waals surface area contributed by atoms with Crippen molar-refractivity contribution in [2.24, 2.45) is 0 Å². The Morgan fingerprint density at radius 2 is 1.17 bits per heavy atom. The summed E-state index contributed by atoms with van der Waals surface area (Å²) in [6.45, 7) is 0. The van der Waals surface area contributed by atoms with Crippen LogP contribution in [0.3, 0.4) is 0 Å². The van der Waals surface area contributed by atoms with Crippen molar-refractivity contribution in [3.8, 4) is 0 Å². The molecule has 0 aromatic carbocycles. The number of hydrogen-bond acceptors (Lipinski definition) is 1. The molecule has 6 heavy (non-hydrogen) atoms. The summed E-state index contributed by atoms with van der Waals surface area (Å²) in [6.07, 6.45) is 0. The molecular weight excluding hydrogens is 162 g/mol. The fourth-order valence-electron chi connectivity index (χ4n) is 0. The van der Waals surface area contributed by atoms with E-state index in [4.69, 9.17) is 16.0 Å². The Hall–Kier alpha value is 1.24. The molecule has 0 amide bonds. The second-order valence-corrected chi connectivity index (χ2v) is 2.67. The van der Waals surface area contributed by atoms with E-state index in [0.717, 1.165) is 0 Å². The van der Waals surface area contributed by atoms with Gasteiger partial charge in [0, 0.05) is 0 Å². The van der Waals surface area contributed by atoms with Gasteiger partial charge in [-0.2, -0.15) is 0 Å². The molecule has 0 aliphatic heterocycles. The molecule has 0 heterocycles. The Bertz CT molecular complexity index is 53.7. The van der Waals surface area contributed by atoms with Crippen molar-refractivity contribution >= 4 is 44.1 Å². The van der Waals surface area contributed by atoms with Crippen LogP contribution in [0.5, 0.6) is 0 Å². The average molecular weight is 166 g/mol. The molecule has 0 fully saturated rings. The van der Waals surface area contributed by atoms with Gasteiger partial charge in [0.05, 0.1) is 0 Å². The summed E-state index contributed by atoms with van der Waals surface area (Å²) in [4.78, 5) is 0. The first-order valence-corrected chi connectivity index (χ1v) is 4.07. The molecule has 0 rings (SSSR count). The van der Waals surface area contributed by atoms with Gasteiger partial charge < -0.3 is 0 Å². The molecule has 0 bridgehead atoms. The fourth-order valence-corrected chi connectivity index (χ4v) is 0. The van der Waals surface area contributed by atoms with Gasteiger partial charge >= 0.3 is 60.1 Å². The van der Waals surface area contributed by atoms with E-state index >= 15 is 0 Å². The van der Waals surface area contributed by atoms with E-state index in [1.807, 2.05) is 0 Å². The molecule has 0 aliphatic carbocycles. The molecule has 34 valence electrons. The van der Waals surface area contributed by atoms with E-state index in [2.05, 4.69) is 0 Å². The normalized spacial score (nSPS) is 9.83. The third-order valence-electron chi connectivity index (χ3n) is 0. The third-order valence-corrected chi connectivity index (χ3v) is 0. The van der Waals surface area contributed by atoms with Gasteiger partial charge in [0.2, 0.25) is 0 Å². The van der Waals surface area contributed by atoms with Gasteiger partial charge in [-0.15, -0.1) is 0 Å². The quantitative estimate of drug-likeness (QED) is 0.339. The molecule has 6 heteroatoms. The van der Waals surface area contributed by atoms with E-state index in [9.17, 15) is 0 Å². The van der Waals surface area contributed by atoms with Crippen LogP contribution < -0.4 is 0 Å². The summed E-state index contributed by atoms with van der Waals surface area (Å²) in [5.74, 6) is 0. The van der Waals surface area contributed by atoms with E-state index in [0.29, 0.717) is 0 Å². The Balaban J connectivity index is 0. The zero-order valence-corrected chi connectivity index (χ0v) is 4.07. The van der Waals surface area contributed by atoms with Gasteiger partial charge in [0.25, 0.3) is 0 Å². The second-order valence-electron chi connectivity index (χ2n) is 0.513. The van der Waals surface area contributed by atoms with Crippen molar-refractivity contribution in [1.82, 2.24) is 0 Å². The first-order chi connectivity index (χ1) is 2.00. The Morgan fingerprint density at radius 3 is 1.17 bits per heavy atom. The first-order valence-electron chi connectivity index (χ1n) is 0.783. The van der Waals surface area contributed by atoms with Crippen molar-refractivity contribution in [3.63, 3.8) is 0 Å². The molecule has 0 atom stereocenters. The summed E-state index contributed by atoms with van der Waals surface area (Å²) in [7, 11) is 0. The van der Waals surface area contributed by atoms with Gasteiger partial charge in [0.1, 0.15) is 0 Å². The molecule has 0 saturated heterocycles. The first kappa shape index (κ1) is 10.3. The fraction of sp³-hybridized carbons (Fsp3) is 0. The number of rotatable bonds is 0. The van der Waals surface area contributed by atoms with Crippen molar-refractivity contribution in [3.05, 3.63) is 0 Å². The molecule has 0 spiro atoms. The van der Waals surface area contributed by atoms with Gasteiger partial charge in [-0.1, -0.05) is 0 Å². The molecule has 0 radical (unpaired) electrons. The summed E-state index contributed by atoms with van der Waals surface area (Å²) in [6, 6.07) is 0. The molecule has 0 saturated carbocycles. The Kier molecular flexibility index (Phi) is 5.59. The van der Waals surface area contributed by atoms with Crippen molar-refractivity contribution in [2.45, 2.75) is 0 Å². The monoisotopic (exact) mass is 166 g/mol. The third kappa shape index (κ3) is 61.4. The van der Waals surface area contributed by atoms with Crippen molar-refractivity contribution in [2.75, 3.05) is 0 Å². The summed E-state index contributed by atoms with van der Waals surface area (Å²) < 4.78 is 30.7. The maximum absolute atomic E-state index is 8.94. The van der Waals surface area contributed by atoms with Crippen LogP contribution in [0.2, 0.25) is 0 Å². The average Bonchev–Trinajstić information content (AvgIpc) is 0.722. The molecule has 4 nitrogen and oxygen atoms in total. The van der Waals surface area contributed by atoms with E-state index in [1.54, 1.807) is 0 Å². The SMILES string of the molecule is O=[As](O)(O)O.[NaH]. The van der Waals surface area contributed by atoms with Crippen LogP contribution in [-0.2, 0) is 3.74 Å². The minimum absolute atomic E-state index is 0. The topological polar surface area (TPSA) is 77.8 Å². The Morgan fingerprint density at radius 1 is 1.17 bits per heavy atom. The molecule has 3 N–H and O–H groups in total. The minimum atomic E-state index is -5.12. The van der Waals surface area contributed by atoms with Crippen LogP contribution in [0.4, 0.5) is 0 Å². The van der Waals surface area contributed by atoms with Crippen LogP contribution in [0.1, 0.15) is 0 Å². The molecular formula is H4AsNaO4. The molecule has 0 aromatic rings. The molecule has 0 aromatic heterocycles. The van der Waals surface area contributed by atoms with Crippen LogP contribution in [-0.4, -0.2) is 56.4 Å². The van der Waals surface area contributed by atoms with Crippen LogP contribution in [0.15, 0.2) is 0 Å². The molecule has 0 unspecified atom stereocenters. The summed E-state index contributed by atoms with van der Waals surface area (Å²) in [5.41, 5.74) is 0. The van der Waals surface area contributed by atoms with Gasteiger partial charge in [-0.05, 0) is 0 Å². The van der Waals surface area contributed by atoms with Crippen LogP contribution >= 0.6 is 0 Å². The van der Waals surface area contributed by atoms with Crippen LogP contribution in [0.25, 0.3) is 0 Å². The summed E-state index contributed by atoms with van der Waals surface area (Å²) >= 11 is -5.12. The maximum atomic E-state index is 8.94. The van der Waals surface area contributed by atoms with E-state index < -0.39 is 14.5 Å². The molecule has 0 aliphatic rings. The van der Waals surface area contributed by atoms with Crippen molar-refractivity contribution < 1.29 is 16.0 Å². The predicted molar refractivity (Wildman–Crippen MR) is 20.2 cm³/mol. The second kappa shape index (κ2) is 3.27. The van der Waals surface area contributed by atoms with Gasteiger partial charge in [-0.25, -0.2) is 0 Å². The van der Waals surface area contributed by atoms with Crippen molar-refractivity contribution in [1.29, 1.82) is 0 Å². The summed E-state index contributed by atoms with van der Waals surface area (Å²) in [5, 5.41) is 0. The van der Waals surface area contributed by atoms with Gasteiger partial charge in [-0.3, -0.25) is 0 Å². The number of hydrogen-bond donors (Lipinski definition) is 3. The predicted octanol–water partition coefficient (Wildman–Crippen LogP) is -2.82. The van der Waals surface area contributed by atoms with E-state index in [-0.39, 0.29) is 29.6 Å². The zero-order chi connectivity index (χ0) is 4.50. The van der Waals surface area contributed by atoms with Gasteiger partial charge in [0.15, 0.2) is 0 Å². The van der Waals surface area contributed by atoms with E-state index in [1.165, 1.54) is 0 Å². The Labute approximate surface area is 59.8 Å². The van der Waals surface area contributed by atoms with Crippen LogP contribution in [0, 0.1) is 0 Å². The standard InChI is InChI=1S/AsH3O4.Na.H/c2-1(3,4)5;;/h(H3,2,3,4,5);;. The zero-order valence-electron chi connectivity index (χ0n) is 2.20.